The van der Waals surface area contributed by atoms with Crippen molar-refractivity contribution in [3.05, 3.63) is 216 Å². The first-order chi connectivity index (χ1) is 29.4. The first-order valence-electron chi connectivity index (χ1n) is 20.6. The zero-order valence-electron chi connectivity index (χ0n) is 34.3. The number of aromatic nitrogens is 3. The number of para-hydroxylation sites is 3. The van der Waals surface area contributed by atoms with Crippen molar-refractivity contribution in [1.82, 2.24) is 14.5 Å². The Hall–Kier alpha value is -7.56. The first-order valence-corrected chi connectivity index (χ1v) is 20.6. The van der Waals surface area contributed by atoms with Gasteiger partial charge in [-0.1, -0.05) is 132 Å². The van der Waals surface area contributed by atoms with Gasteiger partial charge in [-0.25, -0.2) is 9.97 Å². The van der Waals surface area contributed by atoms with Crippen molar-refractivity contribution in [2.24, 2.45) is 0 Å². The Balaban J connectivity index is 1.02. The molecule has 0 saturated heterocycles. The van der Waals surface area contributed by atoms with E-state index in [1.54, 1.807) is 0 Å². The molecule has 0 N–H and O–H groups in total. The Morgan fingerprint density at radius 3 is 1.58 bits per heavy atom. The molecule has 288 valence electrons. The van der Waals surface area contributed by atoms with Gasteiger partial charge in [0.25, 0.3) is 0 Å². The van der Waals surface area contributed by atoms with Crippen LogP contribution in [0.4, 0.5) is 17.1 Å². The van der Waals surface area contributed by atoms with E-state index in [9.17, 15) is 0 Å². The van der Waals surface area contributed by atoms with Crippen molar-refractivity contribution in [2.45, 2.75) is 27.7 Å². The monoisotopic (exact) mass is 772 g/mol. The van der Waals surface area contributed by atoms with Crippen LogP contribution in [-0.2, 0) is 0 Å². The third kappa shape index (κ3) is 6.82. The summed E-state index contributed by atoms with van der Waals surface area (Å²) in [5.41, 5.74) is 19.1. The van der Waals surface area contributed by atoms with Crippen LogP contribution >= 0.6 is 0 Å². The molecule has 0 radical (unpaired) electrons. The molecule has 0 bridgehead atoms. The van der Waals surface area contributed by atoms with Crippen LogP contribution in [0.1, 0.15) is 22.3 Å². The molecule has 0 aliphatic carbocycles. The number of hydrogen-bond donors (Lipinski definition) is 0. The van der Waals surface area contributed by atoms with Gasteiger partial charge in [0, 0.05) is 50.2 Å². The summed E-state index contributed by atoms with van der Waals surface area (Å²) in [5.74, 6) is 0.728. The number of nitrogens with zero attached hydrogens (tertiary/aromatic N) is 4. The predicted molar refractivity (Wildman–Crippen MR) is 252 cm³/mol. The van der Waals surface area contributed by atoms with Crippen molar-refractivity contribution in [3.8, 4) is 50.7 Å². The van der Waals surface area contributed by atoms with Gasteiger partial charge in [-0.15, -0.1) is 0 Å². The molecule has 0 aliphatic heterocycles. The highest BCUT2D eigenvalue weighted by Gasteiger charge is 2.18. The Bertz CT molecular complexity index is 3040. The summed E-state index contributed by atoms with van der Waals surface area (Å²) >= 11 is 0. The maximum Gasteiger partial charge on any atom is 0.160 e. The van der Waals surface area contributed by atoms with Gasteiger partial charge in [-0.3, -0.25) is 0 Å². The van der Waals surface area contributed by atoms with Crippen molar-refractivity contribution in [1.29, 1.82) is 0 Å². The third-order valence-electron chi connectivity index (χ3n) is 11.6. The lowest BCUT2D eigenvalue weighted by Crippen LogP contribution is -2.09. The normalized spacial score (nSPS) is 11.3. The van der Waals surface area contributed by atoms with E-state index < -0.39 is 0 Å². The van der Waals surface area contributed by atoms with Crippen LogP contribution in [0.15, 0.2) is 194 Å². The molecule has 0 spiro atoms. The fourth-order valence-electron chi connectivity index (χ4n) is 8.46. The minimum Gasteiger partial charge on any atom is -0.310 e. The third-order valence-corrected chi connectivity index (χ3v) is 11.6. The molecule has 10 aromatic rings. The summed E-state index contributed by atoms with van der Waals surface area (Å²) in [6.07, 6.45) is 0. The van der Waals surface area contributed by atoms with Gasteiger partial charge in [-0.05, 0) is 123 Å². The Labute approximate surface area is 351 Å². The fourth-order valence-corrected chi connectivity index (χ4v) is 8.46. The van der Waals surface area contributed by atoms with Crippen LogP contribution in [0.5, 0.6) is 0 Å². The molecular formula is C56H44N4. The van der Waals surface area contributed by atoms with Crippen LogP contribution in [0, 0.1) is 27.7 Å². The topological polar surface area (TPSA) is 34.0 Å². The molecular weight excluding hydrogens is 729 g/mol. The van der Waals surface area contributed by atoms with Gasteiger partial charge in [0.15, 0.2) is 5.82 Å². The summed E-state index contributed by atoms with van der Waals surface area (Å²) < 4.78 is 2.39. The highest BCUT2D eigenvalue weighted by Crippen LogP contribution is 2.40. The highest BCUT2D eigenvalue weighted by atomic mass is 15.1. The zero-order chi connectivity index (χ0) is 40.7. The standard InChI is InChI=1S/C56H44N4/c1-37-19-23-42(24-20-37)52-36-53(58-56(57-52)43-25-21-38(2)22-26-43)50-34-39(3)49(33-40(50)4)41-27-29-46(30-28-41)60-54-18-12-11-17-48(54)51-35-47(31-32-55(51)60)59(44-13-7-5-8-14-44)45-15-9-6-10-16-45/h5-36H,1-4H3. The lowest BCUT2D eigenvalue weighted by atomic mass is 9.93. The number of rotatable bonds is 8. The molecule has 0 unspecified atom stereocenters. The SMILES string of the molecule is Cc1ccc(-c2cc(-c3cc(C)c(-c4ccc(-n5c6ccccc6c6cc(N(c7ccccc7)c7ccccc7)ccc65)cc4)cc3C)nc(-c3ccc(C)cc3)n2)cc1. The molecule has 2 heterocycles. The second kappa shape index (κ2) is 15.3. The lowest BCUT2D eigenvalue weighted by Gasteiger charge is -2.25. The second-order valence-corrected chi connectivity index (χ2v) is 15.8. The maximum atomic E-state index is 5.17. The van der Waals surface area contributed by atoms with E-state index >= 15 is 0 Å². The minimum absolute atomic E-state index is 0.728. The number of fused-ring (bicyclic) bond motifs is 3. The van der Waals surface area contributed by atoms with E-state index in [1.165, 1.54) is 55.2 Å². The summed E-state index contributed by atoms with van der Waals surface area (Å²) in [7, 11) is 0. The average molecular weight is 773 g/mol. The number of anilines is 3. The maximum absolute atomic E-state index is 5.17. The summed E-state index contributed by atoms with van der Waals surface area (Å²) in [5, 5.41) is 2.44. The number of hydrogen-bond acceptors (Lipinski definition) is 3. The van der Waals surface area contributed by atoms with Crippen LogP contribution in [0.3, 0.4) is 0 Å². The van der Waals surface area contributed by atoms with Crippen LogP contribution < -0.4 is 4.90 Å². The van der Waals surface area contributed by atoms with Gasteiger partial charge in [0.05, 0.1) is 22.4 Å². The van der Waals surface area contributed by atoms with E-state index in [2.05, 4.69) is 231 Å². The highest BCUT2D eigenvalue weighted by molar-refractivity contribution is 6.10. The van der Waals surface area contributed by atoms with Crippen molar-refractivity contribution in [3.63, 3.8) is 0 Å². The summed E-state index contributed by atoms with van der Waals surface area (Å²) in [4.78, 5) is 12.6. The van der Waals surface area contributed by atoms with E-state index in [-0.39, 0.29) is 0 Å². The van der Waals surface area contributed by atoms with Crippen LogP contribution in [0.2, 0.25) is 0 Å². The largest absolute Gasteiger partial charge is 0.310 e. The van der Waals surface area contributed by atoms with E-state index in [4.69, 9.17) is 9.97 Å². The summed E-state index contributed by atoms with van der Waals surface area (Å²) in [6, 6.07) is 69.6. The average Bonchev–Trinajstić information content (AvgIpc) is 3.62. The Kier molecular flexibility index (Phi) is 9.38. The Morgan fingerprint density at radius 1 is 0.383 bits per heavy atom. The minimum atomic E-state index is 0.728. The number of benzene rings is 8. The van der Waals surface area contributed by atoms with Crippen molar-refractivity contribution >= 4 is 38.9 Å². The van der Waals surface area contributed by atoms with Crippen LogP contribution in [-0.4, -0.2) is 14.5 Å². The van der Waals surface area contributed by atoms with E-state index in [0.717, 1.165) is 56.7 Å². The van der Waals surface area contributed by atoms with Gasteiger partial charge in [0.2, 0.25) is 0 Å². The second-order valence-electron chi connectivity index (χ2n) is 15.8. The van der Waals surface area contributed by atoms with E-state index in [0.29, 0.717) is 0 Å². The van der Waals surface area contributed by atoms with Gasteiger partial charge >= 0.3 is 0 Å². The molecule has 60 heavy (non-hydrogen) atoms. The van der Waals surface area contributed by atoms with Crippen molar-refractivity contribution in [2.75, 3.05) is 4.90 Å². The molecule has 2 aromatic heterocycles. The Morgan fingerprint density at radius 2 is 0.917 bits per heavy atom. The molecule has 4 nitrogen and oxygen atoms in total. The molecule has 0 atom stereocenters. The van der Waals surface area contributed by atoms with Gasteiger partial charge < -0.3 is 9.47 Å². The van der Waals surface area contributed by atoms with Gasteiger partial charge in [0.1, 0.15) is 0 Å². The molecule has 10 rings (SSSR count). The smallest absolute Gasteiger partial charge is 0.160 e. The van der Waals surface area contributed by atoms with E-state index in [1.807, 2.05) is 0 Å². The lowest BCUT2D eigenvalue weighted by molar-refractivity contribution is 1.17. The molecule has 8 aromatic carbocycles. The summed E-state index contributed by atoms with van der Waals surface area (Å²) in [6.45, 7) is 8.61. The molecule has 0 fully saturated rings. The van der Waals surface area contributed by atoms with Gasteiger partial charge in [-0.2, -0.15) is 0 Å². The van der Waals surface area contributed by atoms with Crippen molar-refractivity contribution < 1.29 is 0 Å². The molecule has 0 amide bonds. The zero-order valence-corrected chi connectivity index (χ0v) is 34.3. The number of aryl methyl sites for hydroxylation is 4. The fraction of sp³-hybridized carbons (Fsp3) is 0.0714. The first kappa shape index (κ1) is 36.8. The molecule has 0 aliphatic rings. The quantitative estimate of drug-likeness (QED) is 0.154. The predicted octanol–water partition coefficient (Wildman–Crippen LogP) is 14.9. The van der Waals surface area contributed by atoms with Crippen LogP contribution in [0.25, 0.3) is 72.5 Å². The molecule has 4 heteroatoms. The molecule has 0 saturated carbocycles.